The van der Waals surface area contributed by atoms with Crippen molar-refractivity contribution in [3.8, 4) is 11.3 Å². The molecule has 7 heteroatoms. The largest absolute Gasteiger partial charge is 0.475 e. The second kappa shape index (κ2) is 9.02. The molecule has 3 atom stereocenters. The maximum absolute atomic E-state index is 11.4. The summed E-state index contributed by atoms with van der Waals surface area (Å²) in [5.74, 6) is 0.427. The summed E-state index contributed by atoms with van der Waals surface area (Å²) in [6, 6.07) is 14.8. The van der Waals surface area contributed by atoms with E-state index in [9.17, 15) is 9.90 Å². The van der Waals surface area contributed by atoms with Crippen LogP contribution in [-0.4, -0.2) is 34.4 Å². The van der Waals surface area contributed by atoms with Crippen LogP contribution >= 0.6 is 0 Å². The predicted molar refractivity (Wildman–Crippen MR) is 144 cm³/mol. The fraction of sp³-hybridized carbons (Fsp3) is 0.419. The number of benzene rings is 2. The van der Waals surface area contributed by atoms with Crippen molar-refractivity contribution >= 4 is 22.6 Å². The Kier molecular flexibility index (Phi) is 5.58. The minimum atomic E-state index is -1.04. The highest BCUT2D eigenvalue weighted by molar-refractivity contribution is 5.94. The van der Waals surface area contributed by atoms with Crippen LogP contribution in [0, 0.1) is 13.8 Å². The fourth-order valence-corrected chi connectivity index (χ4v) is 6.66. The first-order chi connectivity index (χ1) is 18.5. The molecule has 7 nitrogen and oxygen atoms in total. The van der Waals surface area contributed by atoms with Crippen LogP contribution in [0.1, 0.15) is 77.4 Å². The van der Waals surface area contributed by atoms with Gasteiger partial charge in [-0.15, -0.1) is 0 Å². The van der Waals surface area contributed by atoms with Crippen molar-refractivity contribution in [2.45, 2.75) is 83.1 Å². The normalized spacial score (nSPS) is 22.9. The summed E-state index contributed by atoms with van der Waals surface area (Å²) in [5, 5.41) is 14.7. The Balaban J connectivity index is 1.11. The number of carboxylic acids is 1. The maximum atomic E-state index is 11.4. The van der Waals surface area contributed by atoms with E-state index in [1.54, 1.807) is 6.07 Å². The molecule has 0 radical (unpaired) electrons. The second-order valence-electron chi connectivity index (χ2n) is 11.2. The van der Waals surface area contributed by atoms with Crippen molar-refractivity contribution in [3.05, 3.63) is 70.7 Å². The molecule has 4 aromatic rings. The number of aryl methyl sites for hydroxylation is 2. The molecular weight excluding hydrogens is 480 g/mol. The highest BCUT2D eigenvalue weighted by atomic mass is 16.5. The van der Waals surface area contributed by atoms with Crippen LogP contribution < -0.4 is 4.90 Å². The third kappa shape index (κ3) is 3.91. The fourth-order valence-electron chi connectivity index (χ4n) is 6.66. The van der Waals surface area contributed by atoms with Crippen LogP contribution in [0.2, 0.25) is 0 Å². The summed E-state index contributed by atoms with van der Waals surface area (Å²) in [7, 11) is 0. The van der Waals surface area contributed by atoms with Gasteiger partial charge in [0.2, 0.25) is 5.76 Å². The summed E-state index contributed by atoms with van der Waals surface area (Å²) >= 11 is 0. The van der Waals surface area contributed by atoms with Crippen LogP contribution in [0.25, 0.3) is 22.2 Å². The number of carbonyl (C=O) groups is 1. The number of hydrogen-bond donors (Lipinski definition) is 1. The van der Waals surface area contributed by atoms with Crippen LogP contribution in [0.15, 0.2) is 51.4 Å². The second-order valence-corrected chi connectivity index (χ2v) is 11.2. The average molecular weight is 513 g/mol. The number of hydrogen-bond acceptors (Lipinski definition) is 6. The quantitative estimate of drug-likeness (QED) is 0.285. The molecule has 2 aromatic carbocycles. The van der Waals surface area contributed by atoms with Gasteiger partial charge in [-0.05, 0) is 81.7 Å². The van der Waals surface area contributed by atoms with Crippen LogP contribution in [0.4, 0.5) is 5.69 Å². The number of furan rings is 1. The topological polar surface area (TPSA) is 88.9 Å². The number of piperidine rings is 1. The number of anilines is 1. The number of nitrogens with zero attached hydrogens (tertiary/aromatic N) is 2. The van der Waals surface area contributed by atoms with E-state index < -0.39 is 5.97 Å². The smallest absolute Gasteiger partial charge is 0.371 e. The Morgan fingerprint density at radius 3 is 2.55 bits per heavy atom. The first kappa shape index (κ1) is 23.5. The molecule has 1 N–H and O–H groups in total. The van der Waals surface area contributed by atoms with Gasteiger partial charge in [-0.3, -0.25) is 0 Å². The number of carboxylic acid groups (broad SMARTS) is 1. The number of ether oxygens (including phenoxy) is 1. The Morgan fingerprint density at radius 1 is 1.08 bits per heavy atom. The SMILES string of the molecule is Cc1ccccc1-c1noc(C2CC2)c1COC1CC2CC[C@@H](C1)N2c1ccc2oc(C(=O)O)cc2c1C. The van der Waals surface area contributed by atoms with Gasteiger partial charge in [-0.2, -0.15) is 0 Å². The number of fused-ring (bicyclic) bond motifs is 3. The molecule has 2 aromatic heterocycles. The molecule has 1 saturated carbocycles. The molecule has 2 unspecified atom stereocenters. The Bertz CT molecular complexity index is 1520. The molecule has 2 aliphatic heterocycles. The molecule has 1 aliphatic carbocycles. The lowest BCUT2D eigenvalue weighted by atomic mass is 9.96. The first-order valence-electron chi connectivity index (χ1n) is 13.7. The Hall–Kier alpha value is -3.58. The van der Waals surface area contributed by atoms with E-state index >= 15 is 0 Å². The monoisotopic (exact) mass is 512 g/mol. The van der Waals surface area contributed by atoms with E-state index in [-0.39, 0.29) is 11.9 Å². The van der Waals surface area contributed by atoms with Crippen molar-refractivity contribution in [3.63, 3.8) is 0 Å². The molecule has 196 valence electrons. The van der Waals surface area contributed by atoms with Crippen LogP contribution in [0.3, 0.4) is 0 Å². The lowest BCUT2D eigenvalue weighted by molar-refractivity contribution is 0.0147. The van der Waals surface area contributed by atoms with Crippen molar-refractivity contribution in [2.75, 3.05) is 4.90 Å². The van der Waals surface area contributed by atoms with Gasteiger partial charge < -0.3 is 23.7 Å². The minimum Gasteiger partial charge on any atom is -0.475 e. The van der Waals surface area contributed by atoms with Gasteiger partial charge >= 0.3 is 5.97 Å². The molecule has 3 aliphatic rings. The van der Waals surface area contributed by atoms with Crippen molar-refractivity contribution in [1.82, 2.24) is 5.16 Å². The molecule has 0 amide bonds. The van der Waals surface area contributed by atoms with E-state index in [0.717, 1.165) is 72.1 Å². The van der Waals surface area contributed by atoms with Gasteiger partial charge in [-0.1, -0.05) is 29.4 Å². The number of aromatic nitrogens is 1. The van der Waals surface area contributed by atoms with Gasteiger partial charge in [0.15, 0.2) is 0 Å². The Labute approximate surface area is 221 Å². The molecule has 38 heavy (non-hydrogen) atoms. The zero-order valence-electron chi connectivity index (χ0n) is 21.8. The molecule has 3 fully saturated rings. The van der Waals surface area contributed by atoms with Gasteiger partial charge in [0, 0.05) is 40.2 Å². The lowest BCUT2D eigenvalue weighted by Gasteiger charge is -2.41. The first-order valence-corrected chi connectivity index (χ1v) is 13.7. The third-order valence-electron chi connectivity index (χ3n) is 8.75. The maximum Gasteiger partial charge on any atom is 0.371 e. The molecule has 0 spiro atoms. The van der Waals surface area contributed by atoms with Crippen molar-refractivity contribution in [1.29, 1.82) is 0 Å². The van der Waals surface area contributed by atoms with Crippen LogP contribution in [-0.2, 0) is 11.3 Å². The molecular formula is C31H32N2O5. The summed E-state index contributed by atoms with van der Waals surface area (Å²) in [5.41, 5.74) is 7.24. The molecule has 7 rings (SSSR count). The predicted octanol–water partition coefficient (Wildman–Crippen LogP) is 7.00. The van der Waals surface area contributed by atoms with E-state index in [1.165, 1.54) is 11.3 Å². The van der Waals surface area contributed by atoms with Crippen LogP contribution in [0.5, 0.6) is 0 Å². The number of aromatic carboxylic acids is 1. The van der Waals surface area contributed by atoms with E-state index in [2.05, 4.69) is 54.2 Å². The number of rotatable bonds is 7. The highest BCUT2D eigenvalue weighted by Gasteiger charge is 2.42. The molecule has 2 bridgehead atoms. The summed E-state index contributed by atoms with van der Waals surface area (Å²) in [4.78, 5) is 14.0. The molecule has 4 heterocycles. The van der Waals surface area contributed by atoms with Gasteiger partial charge in [0.05, 0.1) is 12.7 Å². The standard InChI is InChI=1S/C31H32N2O5/c1-17-5-3-4-6-23(17)29-25(30(38-32-29)19-7-8-19)16-36-22-13-20-9-10-21(14-22)33(20)26-11-12-27-24(18(26)2)15-28(37-27)31(34)35/h3-6,11-12,15,19-22H,7-10,13-14,16H2,1-2H3,(H,34,35)/t20-,21?,22?/m0/s1. The van der Waals surface area contributed by atoms with Crippen molar-refractivity contribution < 1.29 is 23.6 Å². The van der Waals surface area contributed by atoms with Gasteiger partial charge in [0.1, 0.15) is 17.0 Å². The summed E-state index contributed by atoms with van der Waals surface area (Å²) in [6.07, 6.45) is 6.74. The van der Waals surface area contributed by atoms with E-state index in [1.807, 2.05) is 6.07 Å². The van der Waals surface area contributed by atoms with E-state index in [0.29, 0.717) is 30.2 Å². The minimum absolute atomic E-state index is 0.0142. The Morgan fingerprint density at radius 2 is 1.84 bits per heavy atom. The lowest BCUT2D eigenvalue weighted by Crippen LogP contribution is -2.45. The van der Waals surface area contributed by atoms with E-state index in [4.69, 9.17) is 13.7 Å². The highest BCUT2D eigenvalue weighted by Crippen LogP contribution is 2.46. The molecule has 2 saturated heterocycles. The zero-order chi connectivity index (χ0) is 26.0. The third-order valence-corrected chi connectivity index (χ3v) is 8.75. The summed E-state index contributed by atoms with van der Waals surface area (Å²) in [6.45, 7) is 4.71. The van der Waals surface area contributed by atoms with Crippen molar-refractivity contribution in [2.24, 2.45) is 0 Å². The summed E-state index contributed by atoms with van der Waals surface area (Å²) < 4.78 is 18.1. The van der Waals surface area contributed by atoms with Gasteiger partial charge in [-0.25, -0.2) is 4.79 Å². The average Bonchev–Trinajstić information content (AvgIpc) is 3.41. The van der Waals surface area contributed by atoms with Gasteiger partial charge in [0.25, 0.3) is 0 Å². The zero-order valence-corrected chi connectivity index (χ0v) is 21.8.